The molecule has 0 aliphatic heterocycles. The van der Waals surface area contributed by atoms with E-state index in [0.717, 1.165) is 24.6 Å². The van der Waals surface area contributed by atoms with Crippen LogP contribution in [0.3, 0.4) is 0 Å². The van der Waals surface area contributed by atoms with Gasteiger partial charge in [-0.25, -0.2) is 9.97 Å². The van der Waals surface area contributed by atoms with E-state index in [4.69, 9.17) is 5.73 Å². The van der Waals surface area contributed by atoms with Gasteiger partial charge in [0.05, 0.1) is 0 Å². The summed E-state index contributed by atoms with van der Waals surface area (Å²) in [5, 5.41) is 6.83. The number of nitrogens with one attached hydrogen (secondary N) is 2. The Bertz CT molecular complexity index is 520. The van der Waals surface area contributed by atoms with Crippen LogP contribution in [0.1, 0.15) is 57.8 Å². The average molecular weight is 301 g/mol. The van der Waals surface area contributed by atoms with Crippen molar-refractivity contribution in [1.29, 1.82) is 0 Å². The Kier molecular flexibility index (Phi) is 5.14. The molecule has 1 aromatic rings. The molecule has 22 heavy (non-hydrogen) atoms. The predicted molar refractivity (Wildman–Crippen MR) is 92.0 cm³/mol. The lowest BCUT2D eigenvalue weighted by Crippen LogP contribution is -2.18. The van der Waals surface area contributed by atoms with Crippen LogP contribution in [-0.2, 0) is 0 Å². The Hall–Kier alpha value is -1.78. The van der Waals surface area contributed by atoms with Gasteiger partial charge in [0.25, 0.3) is 0 Å². The molecular weight excluding hydrogens is 274 g/mol. The van der Waals surface area contributed by atoms with E-state index in [0.29, 0.717) is 11.7 Å². The fraction of sp³-hybridized carbons (Fsp3) is 0.647. The van der Waals surface area contributed by atoms with E-state index in [1.54, 1.807) is 11.9 Å². The first kappa shape index (κ1) is 15.1. The van der Waals surface area contributed by atoms with Crippen molar-refractivity contribution in [3.63, 3.8) is 0 Å². The van der Waals surface area contributed by atoms with Crippen molar-refractivity contribution < 1.29 is 0 Å². The van der Waals surface area contributed by atoms with Crippen molar-refractivity contribution in [3.05, 3.63) is 18.0 Å². The zero-order valence-corrected chi connectivity index (χ0v) is 13.3. The second-order valence-electron chi connectivity index (χ2n) is 6.40. The molecule has 0 atom stereocenters. The van der Waals surface area contributed by atoms with Crippen LogP contribution in [0.4, 0.5) is 17.3 Å². The summed E-state index contributed by atoms with van der Waals surface area (Å²) in [7, 11) is 0. The van der Waals surface area contributed by atoms with Gasteiger partial charge in [0.1, 0.15) is 12.0 Å². The van der Waals surface area contributed by atoms with E-state index < -0.39 is 0 Å². The number of aromatic nitrogens is 2. The number of rotatable bonds is 6. The minimum atomic E-state index is 0.512. The van der Waals surface area contributed by atoms with Crippen LogP contribution in [0, 0.1) is 0 Å². The fourth-order valence-electron chi connectivity index (χ4n) is 3.39. The molecule has 5 nitrogen and oxygen atoms in total. The van der Waals surface area contributed by atoms with Gasteiger partial charge in [-0.2, -0.15) is 0 Å². The number of allylic oxidation sites excluding steroid dienone is 1. The number of hydrogen-bond acceptors (Lipinski definition) is 5. The fourth-order valence-corrected chi connectivity index (χ4v) is 3.39. The lowest BCUT2D eigenvalue weighted by molar-refractivity contribution is 0.679. The molecule has 0 saturated heterocycles. The summed E-state index contributed by atoms with van der Waals surface area (Å²) in [5.41, 5.74) is 8.43. The summed E-state index contributed by atoms with van der Waals surface area (Å²) in [6.07, 6.45) is 15.2. The maximum Gasteiger partial charge on any atom is 0.155 e. The average Bonchev–Trinajstić information content (AvgIpc) is 3.05. The molecule has 2 aliphatic rings. The third kappa shape index (κ3) is 3.90. The van der Waals surface area contributed by atoms with Crippen LogP contribution in [-0.4, -0.2) is 22.6 Å². The van der Waals surface area contributed by atoms with Crippen molar-refractivity contribution in [2.75, 3.05) is 22.9 Å². The van der Waals surface area contributed by atoms with E-state index in [2.05, 4.69) is 26.7 Å². The van der Waals surface area contributed by atoms with Gasteiger partial charge in [0, 0.05) is 12.6 Å². The van der Waals surface area contributed by atoms with Crippen molar-refractivity contribution in [3.8, 4) is 0 Å². The molecule has 1 aromatic heterocycles. The minimum absolute atomic E-state index is 0.512. The van der Waals surface area contributed by atoms with Crippen LogP contribution in [0.2, 0.25) is 0 Å². The topological polar surface area (TPSA) is 75.9 Å². The van der Waals surface area contributed by atoms with Crippen LogP contribution in [0.5, 0.6) is 0 Å². The largest absolute Gasteiger partial charge is 0.393 e. The molecule has 1 fully saturated rings. The van der Waals surface area contributed by atoms with E-state index >= 15 is 0 Å². The van der Waals surface area contributed by atoms with E-state index in [9.17, 15) is 0 Å². The monoisotopic (exact) mass is 301 g/mol. The molecule has 120 valence electrons. The molecule has 0 amide bonds. The van der Waals surface area contributed by atoms with Crippen LogP contribution < -0.4 is 16.4 Å². The van der Waals surface area contributed by atoms with Gasteiger partial charge >= 0.3 is 0 Å². The van der Waals surface area contributed by atoms with Gasteiger partial charge in [-0.1, -0.05) is 24.5 Å². The molecule has 1 heterocycles. The smallest absolute Gasteiger partial charge is 0.155 e. The van der Waals surface area contributed by atoms with E-state index in [1.165, 1.54) is 51.4 Å². The Morgan fingerprint density at radius 1 is 1.09 bits per heavy atom. The number of anilines is 3. The number of nitrogens with zero attached hydrogens (tertiary/aromatic N) is 2. The molecule has 3 rings (SSSR count). The molecule has 2 aliphatic carbocycles. The second-order valence-corrected chi connectivity index (χ2v) is 6.40. The van der Waals surface area contributed by atoms with Crippen LogP contribution in [0.15, 0.2) is 18.0 Å². The summed E-state index contributed by atoms with van der Waals surface area (Å²) in [6.45, 7) is 0.885. The SMILES string of the molecule is Nc1c(NCCC2=CCCCC2)ncnc1NC1CCCC1. The van der Waals surface area contributed by atoms with Gasteiger partial charge in [0.15, 0.2) is 11.6 Å². The van der Waals surface area contributed by atoms with Crippen molar-refractivity contribution in [2.24, 2.45) is 0 Å². The van der Waals surface area contributed by atoms with Crippen molar-refractivity contribution in [2.45, 2.75) is 63.8 Å². The lowest BCUT2D eigenvalue weighted by Gasteiger charge is -2.17. The highest BCUT2D eigenvalue weighted by Gasteiger charge is 2.17. The Morgan fingerprint density at radius 2 is 1.91 bits per heavy atom. The predicted octanol–water partition coefficient (Wildman–Crippen LogP) is 3.72. The summed E-state index contributed by atoms with van der Waals surface area (Å²) in [5.74, 6) is 1.54. The number of nitrogens with two attached hydrogens (primary N) is 1. The number of nitrogen functional groups attached to an aromatic ring is 1. The standard InChI is InChI=1S/C17H27N5/c18-15-16(19-11-10-13-6-2-1-3-7-13)20-12-21-17(15)22-14-8-4-5-9-14/h6,12,14H,1-5,7-11,18H2,(H2,19,20,21,22). The summed E-state index contributed by atoms with van der Waals surface area (Å²) >= 11 is 0. The third-order valence-electron chi connectivity index (χ3n) is 4.70. The Labute approximate surface area is 132 Å². The molecule has 0 radical (unpaired) electrons. The first-order valence-corrected chi connectivity index (χ1v) is 8.62. The molecule has 1 saturated carbocycles. The quantitative estimate of drug-likeness (QED) is 0.698. The van der Waals surface area contributed by atoms with Crippen molar-refractivity contribution >= 4 is 17.3 Å². The normalized spacial score (nSPS) is 19.0. The lowest BCUT2D eigenvalue weighted by atomic mass is 9.97. The molecule has 0 unspecified atom stereocenters. The molecule has 0 bridgehead atoms. The summed E-state index contributed by atoms with van der Waals surface area (Å²) in [4.78, 5) is 8.59. The van der Waals surface area contributed by atoms with Gasteiger partial charge < -0.3 is 16.4 Å². The van der Waals surface area contributed by atoms with E-state index in [1.807, 2.05) is 0 Å². The Morgan fingerprint density at radius 3 is 2.68 bits per heavy atom. The highest BCUT2D eigenvalue weighted by molar-refractivity contribution is 5.74. The highest BCUT2D eigenvalue weighted by Crippen LogP contribution is 2.27. The number of hydrogen-bond donors (Lipinski definition) is 3. The molecular formula is C17H27N5. The zero-order valence-electron chi connectivity index (χ0n) is 13.3. The second kappa shape index (κ2) is 7.47. The van der Waals surface area contributed by atoms with Crippen LogP contribution >= 0.6 is 0 Å². The van der Waals surface area contributed by atoms with Crippen LogP contribution in [0.25, 0.3) is 0 Å². The Balaban J connectivity index is 1.55. The van der Waals surface area contributed by atoms with E-state index in [-0.39, 0.29) is 0 Å². The minimum Gasteiger partial charge on any atom is -0.393 e. The molecule has 0 aromatic carbocycles. The van der Waals surface area contributed by atoms with Gasteiger partial charge in [0.2, 0.25) is 0 Å². The first-order valence-electron chi connectivity index (χ1n) is 8.62. The van der Waals surface area contributed by atoms with Gasteiger partial charge in [-0.3, -0.25) is 0 Å². The van der Waals surface area contributed by atoms with Gasteiger partial charge in [-0.05, 0) is 44.9 Å². The van der Waals surface area contributed by atoms with Crippen molar-refractivity contribution in [1.82, 2.24) is 9.97 Å². The maximum absolute atomic E-state index is 6.22. The summed E-state index contributed by atoms with van der Waals surface area (Å²) < 4.78 is 0. The summed E-state index contributed by atoms with van der Waals surface area (Å²) in [6, 6.07) is 0.512. The zero-order chi connectivity index (χ0) is 15.2. The first-order chi connectivity index (χ1) is 10.8. The molecule has 4 N–H and O–H groups in total. The third-order valence-corrected chi connectivity index (χ3v) is 4.70. The molecule has 5 heteroatoms. The maximum atomic E-state index is 6.22. The highest BCUT2D eigenvalue weighted by atomic mass is 15.1. The van der Waals surface area contributed by atoms with Gasteiger partial charge in [-0.15, -0.1) is 0 Å². The molecule has 0 spiro atoms.